The van der Waals surface area contributed by atoms with Gasteiger partial charge in [-0.25, -0.2) is 14.8 Å². The van der Waals surface area contributed by atoms with E-state index in [9.17, 15) is 4.79 Å². The first kappa shape index (κ1) is 12.1. The second kappa shape index (κ2) is 4.73. The average Bonchev–Trinajstić information content (AvgIpc) is 3.16. The molecule has 0 saturated heterocycles. The first-order valence-electron chi connectivity index (χ1n) is 6.02. The van der Waals surface area contributed by atoms with Crippen LogP contribution in [0.3, 0.4) is 0 Å². The molecule has 0 saturated carbocycles. The Labute approximate surface area is 120 Å². The van der Waals surface area contributed by atoms with Crippen molar-refractivity contribution in [2.75, 3.05) is 0 Å². The number of ether oxygens (including phenoxy) is 2. The van der Waals surface area contributed by atoms with Crippen molar-refractivity contribution in [1.82, 2.24) is 40.8 Å². The van der Waals surface area contributed by atoms with Crippen LogP contribution in [0.2, 0.25) is 0 Å². The molecule has 0 aliphatic rings. The zero-order valence-corrected chi connectivity index (χ0v) is 10.7. The highest BCUT2D eigenvalue weighted by Gasteiger charge is 2.16. The lowest BCUT2D eigenvalue weighted by atomic mass is 10.4. The van der Waals surface area contributed by atoms with E-state index in [1.165, 1.54) is 24.5 Å². The van der Waals surface area contributed by atoms with Crippen LogP contribution < -0.4 is 9.47 Å². The van der Waals surface area contributed by atoms with Crippen LogP contribution in [-0.2, 0) is 0 Å². The highest BCUT2D eigenvalue weighted by molar-refractivity contribution is 5.82. The fourth-order valence-corrected chi connectivity index (χ4v) is 1.84. The Balaban J connectivity index is 1.60. The van der Waals surface area contributed by atoms with Gasteiger partial charge in [-0.1, -0.05) is 0 Å². The molecule has 11 nitrogen and oxygen atoms in total. The first-order chi connectivity index (χ1) is 10.8. The van der Waals surface area contributed by atoms with Gasteiger partial charge < -0.3 is 9.47 Å². The zero-order valence-electron chi connectivity index (χ0n) is 10.7. The molecule has 4 rings (SSSR count). The van der Waals surface area contributed by atoms with E-state index in [4.69, 9.17) is 9.47 Å². The Kier molecular flexibility index (Phi) is 2.61. The summed E-state index contributed by atoms with van der Waals surface area (Å²) in [6.07, 6.45) is 1.93. The molecule has 0 unspecified atom stereocenters. The molecule has 4 aromatic rings. The van der Waals surface area contributed by atoms with Crippen LogP contribution >= 0.6 is 0 Å². The van der Waals surface area contributed by atoms with E-state index in [1.807, 2.05) is 0 Å². The molecule has 2 N–H and O–H groups in total. The molecule has 11 heteroatoms. The number of rotatable bonds is 2. The average molecular weight is 298 g/mol. The van der Waals surface area contributed by atoms with Crippen LogP contribution in [0.25, 0.3) is 22.3 Å². The van der Waals surface area contributed by atoms with Gasteiger partial charge >= 0.3 is 6.16 Å². The lowest BCUT2D eigenvalue weighted by Gasteiger charge is -2.05. The van der Waals surface area contributed by atoms with Crippen molar-refractivity contribution in [3.63, 3.8) is 0 Å². The molecule has 0 radical (unpaired) electrons. The highest BCUT2D eigenvalue weighted by atomic mass is 16.7. The van der Waals surface area contributed by atoms with Crippen LogP contribution in [0.5, 0.6) is 11.5 Å². The number of aromatic nitrogens is 8. The van der Waals surface area contributed by atoms with Gasteiger partial charge in [0.15, 0.2) is 22.5 Å². The van der Waals surface area contributed by atoms with Crippen molar-refractivity contribution in [3.05, 3.63) is 24.5 Å². The van der Waals surface area contributed by atoms with Gasteiger partial charge in [-0.15, -0.1) is 10.2 Å². The van der Waals surface area contributed by atoms with E-state index in [0.717, 1.165) is 0 Å². The summed E-state index contributed by atoms with van der Waals surface area (Å²) in [4.78, 5) is 19.8. The van der Waals surface area contributed by atoms with Crippen LogP contribution in [0.1, 0.15) is 0 Å². The second-order valence-corrected chi connectivity index (χ2v) is 4.06. The monoisotopic (exact) mass is 298 g/mol. The third-order valence-electron chi connectivity index (χ3n) is 2.76. The topological polar surface area (TPSA) is 144 Å². The minimum atomic E-state index is -0.953. The van der Waals surface area contributed by atoms with E-state index in [2.05, 4.69) is 40.8 Å². The van der Waals surface area contributed by atoms with Crippen molar-refractivity contribution >= 4 is 28.5 Å². The largest absolute Gasteiger partial charge is 0.519 e. The number of aromatic amines is 2. The third-order valence-corrected chi connectivity index (χ3v) is 2.76. The first-order valence-corrected chi connectivity index (χ1v) is 6.02. The van der Waals surface area contributed by atoms with Crippen LogP contribution in [0.4, 0.5) is 4.79 Å². The predicted octanol–water partition coefficient (Wildman–Crippen LogP) is 0.597. The molecule has 0 aliphatic carbocycles. The summed E-state index contributed by atoms with van der Waals surface area (Å²) in [5.41, 5.74) is 1.29. The number of H-pyrrole nitrogens is 2. The van der Waals surface area contributed by atoms with Gasteiger partial charge in [0.25, 0.3) is 0 Å². The van der Waals surface area contributed by atoms with Crippen LogP contribution in [0, 0.1) is 0 Å². The van der Waals surface area contributed by atoms with Crippen molar-refractivity contribution in [3.8, 4) is 11.5 Å². The molecule has 22 heavy (non-hydrogen) atoms. The van der Waals surface area contributed by atoms with E-state index >= 15 is 0 Å². The number of hydrogen-bond acceptors (Lipinski definition) is 9. The fourth-order valence-electron chi connectivity index (χ4n) is 1.84. The summed E-state index contributed by atoms with van der Waals surface area (Å²) in [6, 6.07) is 2.95. The number of hydrogen-bond donors (Lipinski definition) is 2. The molecular weight excluding hydrogens is 292 g/mol. The summed E-state index contributed by atoms with van der Waals surface area (Å²) in [5.74, 6) is 0.350. The van der Waals surface area contributed by atoms with Gasteiger partial charge in [0.2, 0.25) is 11.3 Å². The molecule has 0 spiro atoms. The quantitative estimate of drug-likeness (QED) is 0.508. The van der Waals surface area contributed by atoms with Gasteiger partial charge in [-0.3, -0.25) is 0 Å². The summed E-state index contributed by atoms with van der Waals surface area (Å²) >= 11 is 0. The Morgan fingerprint density at radius 3 is 1.82 bits per heavy atom. The highest BCUT2D eigenvalue weighted by Crippen LogP contribution is 2.22. The standard InChI is InChI=1S/C11H6N8O3/c20-11(21-5-1-3-12-9-7(5)14-18-16-9)22-6-2-4-13-10-8(6)15-19-17-10/h1-4H,(H,12,14,16,18)(H,13,15,17,19). The van der Waals surface area contributed by atoms with Crippen molar-refractivity contribution in [1.29, 1.82) is 0 Å². The number of carbonyl (C=O) groups is 1. The number of pyridine rings is 2. The van der Waals surface area contributed by atoms with E-state index < -0.39 is 6.16 Å². The summed E-state index contributed by atoms with van der Waals surface area (Å²) in [6.45, 7) is 0. The lowest BCUT2D eigenvalue weighted by molar-refractivity contribution is 0.153. The Hall–Kier alpha value is -3.63. The summed E-state index contributed by atoms with van der Waals surface area (Å²) < 4.78 is 10.2. The summed E-state index contributed by atoms with van der Waals surface area (Å²) in [5, 5.41) is 20.1. The summed E-state index contributed by atoms with van der Waals surface area (Å²) in [7, 11) is 0. The Morgan fingerprint density at radius 1 is 0.818 bits per heavy atom. The van der Waals surface area contributed by atoms with Crippen molar-refractivity contribution < 1.29 is 14.3 Å². The minimum Gasteiger partial charge on any atom is -0.392 e. The molecule has 0 aliphatic heterocycles. The second-order valence-electron chi connectivity index (χ2n) is 4.06. The number of nitrogens with one attached hydrogen (secondary N) is 2. The number of nitrogens with zero attached hydrogens (tertiary/aromatic N) is 6. The molecule has 0 aromatic carbocycles. The maximum atomic E-state index is 11.9. The minimum absolute atomic E-state index is 0.175. The molecule has 4 aromatic heterocycles. The lowest BCUT2D eigenvalue weighted by Crippen LogP contribution is -2.14. The van der Waals surface area contributed by atoms with Crippen molar-refractivity contribution in [2.45, 2.75) is 0 Å². The van der Waals surface area contributed by atoms with Gasteiger partial charge in [-0.05, 0) is 0 Å². The van der Waals surface area contributed by atoms with E-state index in [0.29, 0.717) is 22.3 Å². The fraction of sp³-hybridized carbons (Fsp3) is 0. The molecule has 0 fully saturated rings. The van der Waals surface area contributed by atoms with Gasteiger partial charge in [0.05, 0.1) is 0 Å². The maximum absolute atomic E-state index is 11.9. The maximum Gasteiger partial charge on any atom is 0.519 e. The Bertz CT molecular complexity index is 899. The molecule has 108 valence electrons. The van der Waals surface area contributed by atoms with E-state index in [-0.39, 0.29) is 11.5 Å². The normalized spacial score (nSPS) is 10.9. The Morgan fingerprint density at radius 2 is 1.32 bits per heavy atom. The molecule has 0 bridgehead atoms. The molecule has 0 atom stereocenters. The predicted molar refractivity (Wildman–Crippen MR) is 70.0 cm³/mol. The molecule has 0 amide bonds. The van der Waals surface area contributed by atoms with Gasteiger partial charge in [-0.2, -0.15) is 20.6 Å². The van der Waals surface area contributed by atoms with Crippen molar-refractivity contribution in [2.24, 2.45) is 0 Å². The van der Waals surface area contributed by atoms with E-state index in [1.54, 1.807) is 0 Å². The molecular formula is C11H6N8O3. The van der Waals surface area contributed by atoms with Gasteiger partial charge in [0, 0.05) is 24.5 Å². The number of carbonyl (C=O) groups excluding carboxylic acids is 1. The third kappa shape index (κ3) is 1.96. The zero-order chi connectivity index (χ0) is 14.9. The van der Waals surface area contributed by atoms with Gasteiger partial charge in [0.1, 0.15) is 0 Å². The number of fused-ring (bicyclic) bond motifs is 2. The smallest absolute Gasteiger partial charge is 0.392 e. The SMILES string of the molecule is O=C(Oc1ccnc2n[nH]nc12)Oc1ccnc2n[nH]nc12. The van der Waals surface area contributed by atoms with Crippen LogP contribution in [-0.4, -0.2) is 46.9 Å². The molecule has 4 heterocycles. The van der Waals surface area contributed by atoms with Crippen LogP contribution in [0.15, 0.2) is 24.5 Å².